The highest BCUT2D eigenvalue weighted by molar-refractivity contribution is 7.94. The Bertz CT molecular complexity index is 741. The molecule has 0 unspecified atom stereocenters. The quantitative estimate of drug-likeness (QED) is 0.790. The molecule has 0 aromatic heterocycles. The molecular weight excluding hydrogens is 324 g/mol. The Morgan fingerprint density at radius 1 is 1.30 bits per heavy atom. The Morgan fingerprint density at radius 2 is 1.91 bits per heavy atom. The molecule has 9 heteroatoms. The van der Waals surface area contributed by atoms with E-state index in [1.165, 1.54) is 24.3 Å². The van der Waals surface area contributed by atoms with Gasteiger partial charge in [0.15, 0.2) is 0 Å². The predicted molar refractivity (Wildman–Crippen MR) is 81.5 cm³/mol. The first-order valence-corrected chi connectivity index (χ1v) is 8.50. The number of aliphatic carboxylic acids is 1. The lowest BCUT2D eigenvalue weighted by atomic mass is 10.1. The number of nitrogens with one attached hydrogen (secondary N) is 1. The number of carboxylic acid groups (broad SMARTS) is 1. The van der Waals surface area contributed by atoms with Gasteiger partial charge in [-0.25, -0.2) is 12.7 Å². The number of nitrogens with zero attached hydrogens (tertiary/aromatic N) is 1. The maximum Gasteiger partial charge on any atom is 0.305 e. The molecule has 124 valence electrons. The number of carboxylic acids is 1. The van der Waals surface area contributed by atoms with E-state index in [4.69, 9.17) is 5.11 Å². The molecular formula is C14H16N2O6S. The van der Waals surface area contributed by atoms with Crippen molar-refractivity contribution in [2.45, 2.75) is 13.3 Å². The maximum absolute atomic E-state index is 12.0. The molecule has 0 spiro atoms. The standard InChI is InChI=1S/C14H16N2O6S/c1-9-8-23(21,22)16(14(9)20)11-4-2-10(3-5-11)13(19)15-7-6-12(17)18/h2-5,9H,6-8H2,1H3,(H,15,19)(H,17,18)/t9-/m0/s1. The van der Waals surface area contributed by atoms with Crippen molar-refractivity contribution >= 4 is 33.5 Å². The normalized spacial score (nSPS) is 19.6. The van der Waals surface area contributed by atoms with Gasteiger partial charge in [-0.05, 0) is 24.3 Å². The van der Waals surface area contributed by atoms with Gasteiger partial charge in [0.1, 0.15) is 0 Å². The van der Waals surface area contributed by atoms with Crippen LogP contribution in [0.25, 0.3) is 0 Å². The largest absolute Gasteiger partial charge is 0.481 e. The predicted octanol–water partition coefficient (Wildman–Crippen LogP) is 0.204. The van der Waals surface area contributed by atoms with E-state index in [1.807, 2.05) is 0 Å². The van der Waals surface area contributed by atoms with Gasteiger partial charge in [-0.2, -0.15) is 0 Å². The number of sulfonamides is 1. The van der Waals surface area contributed by atoms with Gasteiger partial charge in [0.2, 0.25) is 15.9 Å². The monoisotopic (exact) mass is 340 g/mol. The van der Waals surface area contributed by atoms with Crippen LogP contribution in [0.4, 0.5) is 5.69 Å². The van der Waals surface area contributed by atoms with Gasteiger partial charge in [-0.3, -0.25) is 14.4 Å². The zero-order valence-corrected chi connectivity index (χ0v) is 13.2. The van der Waals surface area contributed by atoms with Crippen LogP contribution in [-0.2, 0) is 19.6 Å². The Morgan fingerprint density at radius 3 is 2.39 bits per heavy atom. The van der Waals surface area contributed by atoms with Crippen LogP contribution in [0.5, 0.6) is 0 Å². The molecule has 23 heavy (non-hydrogen) atoms. The third-order valence-electron chi connectivity index (χ3n) is 3.35. The van der Waals surface area contributed by atoms with E-state index in [1.54, 1.807) is 6.92 Å². The Kier molecular flexibility index (Phi) is 4.69. The molecule has 1 heterocycles. The van der Waals surface area contributed by atoms with Crippen LogP contribution in [0.3, 0.4) is 0 Å². The van der Waals surface area contributed by atoms with Crippen LogP contribution in [0, 0.1) is 5.92 Å². The molecule has 2 amide bonds. The summed E-state index contributed by atoms with van der Waals surface area (Å²) in [5, 5.41) is 10.9. The molecule has 1 saturated heterocycles. The minimum atomic E-state index is -3.68. The van der Waals surface area contributed by atoms with Gasteiger partial charge in [0, 0.05) is 12.1 Å². The number of benzene rings is 1. The average molecular weight is 340 g/mol. The molecule has 2 rings (SSSR count). The first kappa shape index (κ1) is 16.9. The van der Waals surface area contributed by atoms with Crippen LogP contribution in [0.15, 0.2) is 24.3 Å². The molecule has 1 aromatic rings. The second-order valence-corrected chi connectivity index (χ2v) is 7.09. The lowest BCUT2D eigenvalue weighted by Gasteiger charge is -2.15. The summed E-state index contributed by atoms with van der Waals surface area (Å²) in [7, 11) is -3.68. The highest BCUT2D eigenvalue weighted by atomic mass is 32.2. The highest BCUT2D eigenvalue weighted by Gasteiger charge is 2.41. The molecule has 1 aliphatic rings. The van der Waals surface area contributed by atoms with Gasteiger partial charge >= 0.3 is 5.97 Å². The van der Waals surface area contributed by atoms with Gasteiger partial charge in [-0.1, -0.05) is 6.92 Å². The molecule has 0 aliphatic carbocycles. The topological polar surface area (TPSA) is 121 Å². The van der Waals surface area contributed by atoms with Crippen molar-refractivity contribution < 1.29 is 27.9 Å². The molecule has 8 nitrogen and oxygen atoms in total. The van der Waals surface area contributed by atoms with Crippen LogP contribution in [-0.4, -0.2) is 43.6 Å². The summed E-state index contributed by atoms with van der Waals surface area (Å²) in [6.45, 7) is 1.54. The SMILES string of the molecule is C[C@H]1CS(=O)(=O)N(c2ccc(C(=O)NCCC(=O)O)cc2)C1=O. The minimum absolute atomic E-state index is 0.00752. The summed E-state index contributed by atoms with van der Waals surface area (Å²) in [4.78, 5) is 34.1. The molecule has 0 saturated carbocycles. The van der Waals surface area contributed by atoms with E-state index in [0.717, 1.165) is 4.31 Å². The number of rotatable bonds is 5. The van der Waals surface area contributed by atoms with Gasteiger partial charge in [-0.15, -0.1) is 0 Å². The Hall–Kier alpha value is -2.42. The first-order chi connectivity index (χ1) is 10.7. The summed E-state index contributed by atoms with van der Waals surface area (Å²) in [6.07, 6.45) is -0.192. The van der Waals surface area contributed by atoms with Gasteiger partial charge < -0.3 is 10.4 Å². The van der Waals surface area contributed by atoms with E-state index < -0.39 is 33.7 Å². The summed E-state index contributed by atoms with van der Waals surface area (Å²) in [5.41, 5.74) is 0.428. The fraction of sp³-hybridized carbons (Fsp3) is 0.357. The number of carbonyl (C=O) groups excluding carboxylic acids is 2. The van der Waals surface area contributed by atoms with Crippen LogP contribution in [0.2, 0.25) is 0 Å². The summed E-state index contributed by atoms with van der Waals surface area (Å²) < 4.78 is 24.7. The van der Waals surface area contributed by atoms with E-state index >= 15 is 0 Å². The minimum Gasteiger partial charge on any atom is -0.481 e. The van der Waals surface area contributed by atoms with Crippen molar-refractivity contribution in [2.75, 3.05) is 16.6 Å². The zero-order valence-electron chi connectivity index (χ0n) is 12.4. The van der Waals surface area contributed by atoms with Crippen molar-refractivity contribution in [3.05, 3.63) is 29.8 Å². The van der Waals surface area contributed by atoms with Gasteiger partial charge in [0.05, 0.1) is 23.8 Å². The van der Waals surface area contributed by atoms with Gasteiger partial charge in [0.25, 0.3) is 5.91 Å². The molecule has 2 N–H and O–H groups in total. The van der Waals surface area contributed by atoms with Crippen molar-refractivity contribution in [1.82, 2.24) is 5.32 Å². The fourth-order valence-corrected chi connectivity index (χ4v) is 4.04. The molecule has 1 aromatic carbocycles. The Balaban J connectivity index is 2.12. The number of carbonyl (C=O) groups is 3. The third-order valence-corrected chi connectivity index (χ3v) is 5.22. The second kappa shape index (κ2) is 6.37. The summed E-state index contributed by atoms with van der Waals surface area (Å²) >= 11 is 0. The van der Waals surface area contributed by atoms with Crippen molar-refractivity contribution in [1.29, 1.82) is 0 Å². The number of hydrogen-bond donors (Lipinski definition) is 2. The van der Waals surface area contributed by atoms with Crippen molar-refractivity contribution in [2.24, 2.45) is 5.92 Å². The van der Waals surface area contributed by atoms with Crippen LogP contribution in [0.1, 0.15) is 23.7 Å². The second-order valence-electron chi connectivity index (χ2n) is 5.23. The average Bonchev–Trinajstić information content (AvgIpc) is 2.67. The molecule has 0 radical (unpaired) electrons. The first-order valence-electron chi connectivity index (χ1n) is 6.89. The van der Waals surface area contributed by atoms with Crippen LogP contribution < -0.4 is 9.62 Å². The summed E-state index contributed by atoms with van der Waals surface area (Å²) in [6, 6.07) is 5.52. The molecule has 1 atom stereocenters. The maximum atomic E-state index is 12.0. The summed E-state index contributed by atoms with van der Waals surface area (Å²) in [5.74, 6) is -2.82. The highest BCUT2D eigenvalue weighted by Crippen LogP contribution is 2.28. The smallest absolute Gasteiger partial charge is 0.305 e. The molecule has 1 fully saturated rings. The van der Waals surface area contributed by atoms with E-state index in [0.29, 0.717) is 0 Å². The molecule has 1 aliphatic heterocycles. The lowest BCUT2D eigenvalue weighted by Crippen LogP contribution is -2.30. The van der Waals surface area contributed by atoms with Crippen molar-refractivity contribution in [3.8, 4) is 0 Å². The number of hydrogen-bond acceptors (Lipinski definition) is 5. The number of amides is 2. The fourth-order valence-electron chi connectivity index (χ4n) is 2.22. The number of anilines is 1. The van der Waals surface area contributed by atoms with E-state index in [2.05, 4.69) is 5.32 Å². The Labute approximate surface area is 133 Å². The van der Waals surface area contributed by atoms with Crippen molar-refractivity contribution in [3.63, 3.8) is 0 Å². The van der Waals surface area contributed by atoms with Crippen LogP contribution >= 0.6 is 0 Å². The van der Waals surface area contributed by atoms with E-state index in [-0.39, 0.29) is 30.0 Å². The lowest BCUT2D eigenvalue weighted by molar-refractivity contribution is -0.136. The zero-order chi connectivity index (χ0) is 17.2. The molecule has 0 bridgehead atoms. The van der Waals surface area contributed by atoms with E-state index in [9.17, 15) is 22.8 Å². The third kappa shape index (κ3) is 3.67.